The van der Waals surface area contributed by atoms with Gasteiger partial charge < -0.3 is 15.3 Å². The molecule has 0 spiro atoms. The van der Waals surface area contributed by atoms with Gasteiger partial charge in [-0.05, 0) is 18.3 Å². The highest BCUT2D eigenvalue weighted by molar-refractivity contribution is 7.91. The Hall–Kier alpha value is -1.31. The number of rotatable bonds is 4. The minimum absolute atomic E-state index is 0.0618. The van der Waals surface area contributed by atoms with E-state index in [0.717, 1.165) is 6.42 Å². The number of carbonyl (C=O) groups is 2. The van der Waals surface area contributed by atoms with Gasteiger partial charge in [0.2, 0.25) is 0 Å². The van der Waals surface area contributed by atoms with Crippen LogP contribution in [-0.4, -0.2) is 61.1 Å². The predicted octanol–water partition coefficient (Wildman–Crippen LogP) is -0.0743. The summed E-state index contributed by atoms with van der Waals surface area (Å²) in [5.74, 6) is -0.360. The number of sulfone groups is 1. The van der Waals surface area contributed by atoms with E-state index in [-0.39, 0.29) is 30.5 Å². The zero-order valence-corrected chi connectivity index (χ0v) is 12.2. The predicted molar refractivity (Wildman–Crippen MR) is 72.1 cm³/mol. The molecular formula is C12H20N2O5S. The normalized spacial score (nSPS) is 31.6. The van der Waals surface area contributed by atoms with Crippen LogP contribution in [0.3, 0.4) is 0 Å². The van der Waals surface area contributed by atoms with Gasteiger partial charge in [0.15, 0.2) is 9.84 Å². The molecule has 20 heavy (non-hydrogen) atoms. The SMILES string of the molecule is CC1CC1CNC(=O)N1CCS(=O)(=O)CC1CC(=O)O. The smallest absolute Gasteiger partial charge is 0.317 e. The van der Waals surface area contributed by atoms with E-state index in [1.54, 1.807) is 0 Å². The molecule has 1 heterocycles. The summed E-state index contributed by atoms with van der Waals surface area (Å²) in [6.07, 6.45) is 0.750. The Bertz CT molecular complexity index is 504. The van der Waals surface area contributed by atoms with E-state index >= 15 is 0 Å². The van der Waals surface area contributed by atoms with E-state index in [9.17, 15) is 18.0 Å². The minimum Gasteiger partial charge on any atom is -0.481 e. The van der Waals surface area contributed by atoms with Crippen LogP contribution < -0.4 is 5.32 Å². The molecule has 1 saturated carbocycles. The highest BCUT2D eigenvalue weighted by Gasteiger charge is 2.37. The van der Waals surface area contributed by atoms with Crippen molar-refractivity contribution in [2.24, 2.45) is 11.8 Å². The number of amides is 2. The molecule has 2 fully saturated rings. The summed E-state index contributed by atoms with van der Waals surface area (Å²) in [5, 5.41) is 11.6. The van der Waals surface area contributed by atoms with Crippen LogP contribution in [0.15, 0.2) is 0 Å². The lowest BCUT2D eigenvalue weighted by Crippen LogP contribution is -2.55. The van der Waals surface area contributed by atoms with Crippen molar-refractivity contribution in [2.75, 3.05) is 24.6 Å². The van der Waals surface area contributed by atoms with Gasteiger partial charge >= 0.3 is 12.0 Å². The van der Waals surface area contributed by atoms with E-state index < -0.39 is 21.8 Å². The Morgan fingerprint density at radius 2 is 2.05 bits per heavy atom. The summed E-state index contributed by atoms with van der Waals surface area (Å²) in [7, 11) is -3.26. The summed E-state index contributed by atoms with van der Waals surface area (Å²) in [6, 6.07) is -1.13. The maximum atomic E-state index is 12.1. The van der Waals surface area contributed by atoms with Crippen molar-refractivity contribution in [3.8, 4) is 0 Å². The molecule has 114 valence electrons. The van der Waals surface area contributed by atoms with E-state index in [2.05, 4.69) is 12.2 Å². The molecule has 0 aromatic carbocycles. The Kier molecular flexibility index (Phi) is 4.22. The van der Waals surface area contributed by atoms with Crippen molar-refractivity contribution in [2.45, 2.75) is 25.8 Å². The van der Waals surface area contributed by atoms with Crippen LogP contribution in [0.1, 0.15) is 19.8 Å². The van der Waals surface area contributed by atoms with Gasteiger partial charge in [-0.3, -0.25) is 4.79 Å². The molecule has 2 amide bonds. The fourth-order valence-electron chi connectivity index (χ4n) is 2.53. The molecule has 1 aliphatic heterocycles. The average molecular weight is 304 g/mol. The molecule has 0 aromatic heterocycles. The lowest BCUT2D eigenvalue weighted by Gasteiger charge is -2.34. The third-order valence-electron chi connectivity index (χ3n) is 3.99. The van der Waals surface area contributed by atoms with Crippen LogP contribution >= 0.6 is 0 Å². The number of urea groups is 1. The number of hydrogen-bond donors (Lipinski definition) is 2. The van der Waals surface area contributed by atoms with Crippen LogP contribution in [0.4, 0.5) is 4.79 Å². The van der Waals surface area contributed by atoms with Gasteiger partial charge in [-0.1, -0.05) is 6.92 Å². The molecule has 2 N–H and O–H groups in total. The molecule has 2 rings (SSSR count). The van der Waals surface area contributed by atoms with Gasteiger partial charge in [0.25, 0.3) is 0 Å². The largest absolute Gasteiger partial charge is 0.481 e. The van der Waals surface area contributed by atoms with Crippen LogP contribution in [0, 0.1) is 11.8 Å². The van der Waals surface area contributed by atoms with Crippen molar-refractivity contribution in [3.05, 3.63) is 0 Å². The second kappa shape index (κ2) is 5.59. The molecule has 1 saturated heterocycles. The maximum Gasteiger partial charge on any atom is 0.317 e. The summed E-state index contributed by atoms with van der Waals surface area (Å²) in [6.45, 7) is 2.74. The molecule has 7 nitrogen and oxygen atoms in total. The number of hydrogen-bond acceptors (Lipinski definition) is 4. The molecule has 2 aliphatic rings. The van der Waals surface area contributed by atoms with Crippen molar-refractivity contribution in [3.63, 3.8) is 0 Å². The van der Waals surface area contributed by atoms with E-state index in [4.69, 9.17) is 5.11 Å². The third-order valence-corrected chi connectivity index (χ3v) is 5.69. The van der Waals surface area contributed by atoms with Crippen molar-refractivity contribution in [1.82, 2.24) is 10.2 Å². The maximum absolute atomic E-state index is 12.1. The number of aliphatic carboxylic acids is 1. The first-order valence-electron chi connectivity index (χ1n) is 6.75. The van der Waals surface area contributed by atoms with Gasteiger partial charge in [-0.15, -0.1) is 0 Å². The van der Waals surface area contributed by atoms with Crippen LogP contribution in [0.5, 0.6) is 0 Å². The highest BCUT2D eigenvalue weighted by atomic mass is 32.2. The van der Waals surface area contributed by atoms with E-state index in [1.165, 1.54) is 4.90 Å². The van der Waals surface area contributed by atoms with Crippen LogP contribution in [0.25, 0.3) is 0 Å². The summed E-state index contributed by atoms with van der Waals surface area (Å²) in [4.78, 5) is 24.2. The molecule has 0 aromatic rings. The number of carbonyl (C=O) groups excluding carboxylic acids is 1. The molecule has 0 bridgehead atoms. The molecule has 3 unspecified atom stereocenters. The Morgan fingerprint density at radius 1 is 1.40 bits per heavy atom. The fraction of sp³-hybridized carbons (Fsp3) is 0.833. The number of nitrogens with zero attached hydrogens (tertiary/aromatic N) is 1. The summed E-state index contributed by atoms with van der Waals surface area (Å²) >= 11 is 0. The number of carboxylic acids is 1. The van der Waals surface area contributed by atoms with E-state index in [1.807, 2.05) is 0 Å². The van der Waals surface area contributed by atoms with Gasteiger partial charge in [0.05, 0.1) is 24.0 Å². The Labute approximate surface area is 118 Å². The third kappa shape index (κ3) is 3.84. The van der Waals surface area contributed by atoms with Gasteiger partial charge in [-0.25, -0.2) is 13.2 Å². The van der Waals surface area contributed by atoms with Gasteiger partial charge in [0, 0.05) is 13.1 Å². The minimum atomic E-state index is -3.26. The molecule has 3 atom stereocenters. The van der Waals surface area contributed by atoms with Crippen LogP contribution in [-0.2, 0) is 14.6 Å². The zero-order valence-electron chi connectivity index (χ0n) is 11.4. The standard InChI is InChI=1S/C12H20N2O5S/c1-8-4-9(8)6-13-12(17)14-2-3-20(18,19)7-10(14)5-11(15)16/h8-10H,2-7H2,1H3,(H,13,17)(H,15,16). The van der Waals surface area contributed by atoms with Crippen molar-refractivity contribution < 1.29 is 23.1 Å². The summed E-state index contributed by atoms with van der Waals surface area (Å²) in [5.41, 5.74) is 0. The second-order valence-electron chi connectivity index (χ2n) is 5.72. The quantitative estimate of drug-likeness (QED) is 0.756. The lowest BCUT2D eigenvalue weighted by atomic mass is 10.2. The van der Waals surface area contributed by atoms with Crippen molar-refractivity contribution >= 4 is 21.8 Å². The first-order chi connectivity index (χ1) is 9.28. The Morgan fingerprint density at radius 3 is 2.60 bits per heavy atom. The van der Waals surface area contributed by atoms with Gasteiger partial charge in [-0.2, -0.15) is 0 Å². The van der Waals surface area contributed by atoms with Gasteiger partial charge in [0.1, 0.15) is 0 Å². The lowest BCUT2D eigenvalue weighted by molar-refractivity contribution is -0.138. The van der Waals surface area contributed by atoms with Crippen LogP contribution in [0.2, 0.25) is 0 Å². The van der Waals surface area contributed by atoms with Crippen molar-refractivity contribution in [1.29, 1.82) is 0 Å². The molecule has 0 radical (unpaired) electrons. The second-order valence-corrected chi connectivity index (χ2v) is 7.95. The topological polar surface area (TPSA) is 104 Å². The molecule has 8 heteroatoms. The first kappa shape index (κ1) is 15.1. The van der Waals surface area contributed by atoms with E-state index in [0.29, 0.717) is 18.4 Å². The molecular weight excluding hydrogens is 284 g/mol. The highest BCUT2D eigenvalue weighted by Crippen LogP contribution is 2.36. The summed E-state index contributed by atoms with van der Waals surface area (Å²) < 4.78 is 23.2. The number of carboxylic acid groups (broad SMARTS) is 1. The number of nitrogens with one attached hydrogen (secondary N) is 1. The average Bonchev–Trinajstić information content (AvgIpc) is 3.00. The zero-order chi connectivity index (χ0) is 14.9. The monoisotopic (exact) mass is 304 g/mol. The Balaban J connectivity index is 1.95. The first-order valence-corrected chi connectivity index (χ1v) is 8.57. The fourth-order valence-corrected chi connectivity index (χ4v) is 4.05. The molecule has 1 aliphatic carbocycles.